The summed E-state index contributed by atoms with van der Waals surface area (Å²) in [5, 5.41) is 4.12. The molecule has 2 aromatic heterocycles. The molecule has 2 rings (SSSR count). The number of hydrogen-bond acceptors (Lipinski definition) is 5. The van der Waals surface area contributed by atoms with Crippen LogP contribution in [0.4, 0.5) is 0 Å². The molecule has 0 atom stereocenters. The average molecular weight is 300 g/mol. The Morgan fingerprint density at radius 3 is 2.79 bits per heavy atom. The van der Waals surface area contributed by atoms with E-state index in [2.05, 4.69) is 9.82 Å². The van der Waals surface area contributed by atoms with E-state index in [0.717, 1.165) is 10.4 Å². The van der Waals surface area contributed by atoms with E-state index in [1.165, 1.54) is 11.3 Å². The first-order valence-electron chi connectivity index (χ1n) is 5.70. The molecule has 2 heterocycles. The largest absolute Gasteiger partial charge is 0.326 e. The lowest BCUT2D eigenvalue weighted by atomic mass is 10.3. The number of sulfonamides is 1. The fourth-order valence-electron chi connectivity index (χ4n) is 1.62. The van der Waals surface area contributed by atoms with Gasteiger partial charge in [-0.05, 0) is 24.6 Å². The molecule has 0 amide bonds. The topological polar surface area (TPSA) is 90.0 Å². The molecular formula is C11H16N4O2S2. The quantitative estimate of drug-likeness (QED) is 0.851. The van der Waals surface area contributed by atoms with E-state index in [9.17, 15) is 8.42 Å². The molecule has 0 aliphatic rings. The normalized spacial score (nSPS) is 11.9. The van der Waals surface area contributed by atoms with Crippen molar-refractivity contribution in [3.8, 4) is 0 Å². The molecule has 0 aromatic carbocycles. The number of aromatic nitrogens is 2. The Hall–Kier alpha value is -1.22. The van der Waals surface area contributed by atoms with Gasteiger partial charge in [0.2, 0.25) is 10.0 Å². The van der Waals surface area contributed by atoms with Crippen molar-refractivity contribution >= 4 is 21.4 Å². The van der Waals surface area contributed by atoms with Crippen LogP contribution in [-0.4, -0.2) is 18.2 Å². The molecule has 2 aromatic rings. The van der Waals surface area contributed by atoms with Crippen LogP contribution in [0.2, 0.25) is 0 Å². The second-order valence-electron chi connectivity index (χ2n) is 4.18. The second-order valence-corrected chi connectivity index (χ2v) is 7.31. The van der Waals surface area contributed by atoms with Crippen molar-refractivity contribution in [3.05, 3.63) is 34.5 Å². The van der Waals surface area contributed by atoms with Gasteiger partial charge in [0.25, 0.3) is 0 Å². The molecule has 0 saturated heterocycles. The molecular weight excluding hydrogens is 284 g/mol. The molecule has 0 aliphatic heterocycles. The Kier molecular flexibility index (Phi) is 4.04. The van der Waals surface area contributed by atoms with Gasteiger partial charge < -0.3 is 5.73 Å². The van der Waals surface area contributed by atoms with E-state index in [1.54, 1.807) is 30.1 Å². The predicted octanol–water partition coefficient (Wildman–Crippen LogP) is 0.727. The van der Waals surface area contributed by atoms with Crippen molar-refractivity contribution in [1.82, 2.24) is 14.5 Å². The Morgan fingerprint density at radius 1 is 1.53 bits per heavy atom. The second kappa shape index (κ2) is 5.41. The van der Waals surface area contributed by atoms with Crippen LogP contribution in [0.5, 0.6) is 0 Å². The highest BCUT2D eigenvalue weighted by atomic mass is 32.2. The summed E-state index contributed by atoms with van der Waals surface area (Å²) in [5.41, 5.74) is 7.14. The summed E-state index contributed by atoms with van der Waals surface area (Å²) < 4.78 is 28.7. The van der Waals surface area contributed by atoms with Crippen molar-refractivity contribution in [2.45, 2.75) is 24.2 Å². The molecule has 0 fully saturated rings. The van der Waals surface area contributed by atoms with Crippen LogP contribution in [0.25, 0.3) is 0 Å². The number of nitrogens with zero attached hydrogens (tertiary/aromatic N) is 2. The molecule has 3 N–H and O–H groups in total. The summed E-state index contributed by atoms with van der Waals surface area (Å²) in [4.78, 5) is 0.887. The average Bonchev–Trinajstić information content (AvgIpc) is 2.93. The van der Waals surface area contributed by atoms with Gasteiger partial charge in [-0.15, -0.1) is 11.3 Å². The predicted molar refractivity (Wildman–Crippen MR) is 74.2 cm³/mol. The van der Waals surface area contributed by atoms with Gasteiger partial charge in [0.05, 0.1) is 12.2 Å². The summed E-state index contributed by atoms with van der Waals surface area (Å²) in [6, 6.07) is 3.42. The smallest absolute Gasteiger partial charge is 0.250 e. The van der Waals surface area contributed by atoms with E-state index in [4.69, 9.17) is 5.73 Å². The fraction of sp³-hybridized carbons (Fsp3) is 0.364. The number of thiophene rings is 1. The Labute approximate surface area is 116 Å². The summed E-state index contributed by atoms with van der Waals surface area (Å²) >= 11 is 1.21. The minimum absolute atomic E-state index is 0.179. The molecule has 0 aliphatic carbocycles. The van der Waals surface area contributed by atoms with Crippen LogP contribution in [0.3, 0.4) is 0 Å². The highest BCUT2D eigenvalue weighted by molar-refractivity contribution is 7.91. The van der Waals surface area contributed by atoms with Gasteiger partial charge in [0, 0.05) is 24.7 Å². The summed E-state index contributed by atoms with van der Waals surface area (Å²) in [5.74, 6) is 0. The number of rotatable bonds is 5. The first kappa shape index (κ1) is 14.2. The zero-order chi connectivity index (χ0) is 14.0. The lowest BCUT2D eigenvalue weighted by molar-refractivity contribution is 0.581. The van der Waals surface area contributed by atoms with E-state index < -0.39 is 10.0 Å². The van der Waals surface area contributed by atoms with Crippen LogP contribution in [0, 0.1) is 6.92 Å². The molecule has 0 unspecified atom stereocenters. The Morgan fingerprint density at radius 2 is 2.26 bits per heavy atom. The first-order chi connectivity index (χ1) is 8.92. The monoisotopic (exact) mass is 300 g/mol. The van der Waals surface area contributed by atoms with Gasteiger partial charge in [0.1, 0.15) is 4.21 Å². The summed E-state index contributed by atoms with van der Waals surface area (Å²) in [6.07, 6.45) is 1.77. The van der Waals surface area contributed by atoms with Crippen LogP contribution >= 0.6 is 11.3 Å². The minimum atomic E-state index is -3.50. The molecule has 0 saturated carbocycles. The molecule has 0 radical (unpaired) electrons. The van der Waals surface area contributed by atoms with Gasteiger partial charge >= 0.3 is 0 Å². The van der Waals surface area contributed by atoms with Crippen molar-refractivity contribution in [3.63, 3.8) is 0 Å². The maximum absolute atomic E-state index is 12.1. The molecule has 8 heteroatoms. The van der Waals surface area contributed by atoms with Gasteiger partial charge in [-0.1, -0.05) is 0 Å². The fourth-order valence-corrected chi connectivity index (χ4v) is 4.13. The maximum Gasteiger partial charge on any atom is 0.250 e. The van der Waals surface area contributed by atoms with Gasteiger partial charge in [-0.2, -0.15) is 5.10 Å². The highest BCUT2D eigenvalue weighted by Gasteiger charge is 2.18. The standard InChI is InChI=1S/C11H16N4O2S2/c1-8-5-11(18-10(8)6-12)19(16,17)13-7-9-3-4-15(2)14-9/h3-5,13H,6-7,12H2,1-2H3. The van der Waals surface area contributed by atoms with Gasteiger partial charge in [-0.25, -0.2) is 13.1 Å². The zero-order valence-corrected chi connectivity index (χ0v) is 12.4. The van der Waals surface area contributed by atoms with E-state index >= 15 is 0 Å². The molecule has 6 nitrogen and oxygen atoms in total. The highest BCUT2D eigenvalue weighted by Crippen LogP contribution is 2.25. The summed E-state index contributed by atoms with van der Waals surface area (Å²) in [7, 11) is -1.71. The van der Waals surface area contributed by atoms with E-state index in [-0.39, 0.29) is 6.54 Å². The maximum atomic E-state index is 12.1. The minimum Gasteiger partial charge on any atom is -0.326 e. The number of nitrogens with two attached hydrogens (primary N) is 1. The summed E-state index contributed by atoms with van der Waals surface area (Å²) in [6.45, 7) is 2.39. The lowest BCUT2D eigenvalue weighted by Crippen LogP contribution is -2.22. The van der Waals surface area contributed by atoms with Crippen molar-refractivity contribution in [1.29, 1.82) is 0 Å². The number of aryl methyl sites for hydroxylation is 2. The number of hydrogen-bond donors (Lipinski definition) is 2. The third-order valence-corrected chi connectivity index (χ3v) is 5.79. The first-order valence-corrected chi connectivity index (χ1v) is 8.00. The van der Waals surface area contributed by atoms with Gasteiger partial charge in [0.15, 0.2) is 0 Å². The third-order valence-electron chi connectivity index (χ3n) is 2.66. The SMILES string of the molecule is Cc1cc(S(=O)(=O)NCc2ccn(C)n2)sc1CN. The number of nitrogens with one attached hydrogen (secondary N) is 1. The zero-order valence-electron chi connectivity index (χ0n) is 10.8. The third kappa shape index (κ3) is 3.21. The van der Waals surface area contributed by atoms with Crippen LogP contribution in [0.1, 0.15) is 16.1 Å². The van der Waals surface area contributed by atoms with Crippen LogP contribution in [-0.2, 0) is 30.2 Å². The molecule has 0 bridgehead atoms. The Bertz CT molecular complexity index is 673. The molecule has 0 spiro atoms. The molecule has 19 heavy (non-hydrogen) atoms. The lowest BCUT2D eigenvalue weighted by Gasteiger charge is -2.02. The van der Waals surface area contributed by atoms with Crippen LogP contribution in [0.15, 0.2) is 22.5 Å². The van der Waals surface area contributed by atoms with Crippen LogP contribution < -0.4 is 10.5 Å². The molecule has 104 valence electrons. The van der Waals surface area contributed by atoms with Crippen molar-refractivity contribution < 1.29 is 8.42 Å². The van der Waals surface area contributed by atoms with E-state index in [0.29, 0.717) is 16.4 Å². The Balaban J connectivity index is 2.13. The van der Waals surface area contributed by atoms with Gasteiger partial charge in [-0.3, -0.25) is 4.68 Å². The van der Waals surface area contributed by atoms with Crippen molar-refractivity contribution in [2.75, 3.05) is 0 Å². The van der Waals surface area contributed by atoms with E-state index in [1.807, 2.05) is 6.92 Å². The van der Waals surface area contributed by atoms with Crippen molar-refractivity contribution in [2.24, 2.45) is 12.8 Å².